The van der Waals surface area contributed by atoms with Gasteiger partial charge in [-0.05, 0) is 98.2 Å². The van der Waals surface area contributed by atoms with Gasteiger partial charge in [0.25, 0.3) is 0 Å². The third kappa shape index (κ3) is 11.5. The minimum absolute atomic E-state index is 0.0890. The molecule has 0 saturated carbocycles. The van der Waals surface area contributed by atoms with Crippen molar-refractivity contribution < 1.29 is 72.0 Å². The Morgan fingerprint density at radius 2 is 1.32 bits per heavy atom. The maximum Gasteiger partial charge on any atom is 0.338 e. The molecule has 1 spiro atoms. The number of aliphatic hydroxyl groups is 2. The highest BCUT2D eigenvalue weighted by Crippen LogP contribution is 2.46. The second-order valence-corrected chi connectivity index (χ2v) is 20.4. The number of cyclic esters (lactones) is 1. The van der Waals surface area contributed by atoms with Crippen molar-refractivity contribution in [2.24, 2.45) is 23.7 Å². The van der Waals surface area contributed by atoms with E-state index in [1.807, 2.05) is 72.7 Å². The molecule has 4 heterocycles. The lowest BCUT2D eigenvalue weighted by atomic mass is 9.73. The summed E-state index contributed by atoms with van der Waals surface area (Å²) >= 11 is 0. The van der Waals surface area contributed by atoms with Crippen LogP contribution in [0.1, 0.15) is 109 Å². The zero-order valence-electron chi connectivity index (χ0n) is 42.2. The number of benzene rings is 2. The van der Waals surface area contributed by atoms with Crippen LogP contribution in [0.2, 0.25) is 0 Å². The average molecular weight is 956 g/mol. The zero-order chi connectivity index (χ0) is 49.9. The fraction of sp³-hybridized carbons (Fsp3) is 0.712. The van der Waals surface area contributed by atoms with Gasteiger partial charge >= 0.3 is 17.9 Å². The van der Waals surface area contributed by atoms with Crippen LogP contribution in [0.15, 0.2) is 60.7 Å². The minimum atomic E-state index is -1.26. The van der Waals surface area contributed by atoms with Crippen molar-refractivity contribution in [1.82, 2.24) is 4.90 Å². The molecular weight excluding hydrogens is 879 g/mol. The van der Waals surface area contributed by atoms with Gasteiger partial charge < -0.3 is 62.5 Å². The molecule has 4 aliphatic rings. The van der Waals surface area contributed by atoms with Gasteiger partial charge in [0.1, 0.15) is 11.7 Å². The fourth-order valence-electron chi connectivity index (χ4n) is 10.9. The normalized spacial score (nSPS) is 41.6. The Hall–Kier alpha value is -3.55. The van der Waals surface area contributed by atoms with Crippen LogP contribution in [0, 0.1) is 23.7 Å². The van der Waals surface area contributed by atoms with Gasteiger partial charge in [-0.1, -0.05) is 64.1 Å². The van der Waals surface area contributed by atoms with E-state index in [2.05, 4.69) is 0 Å². The summed E-state index contributed by atoms with van der Waals surface area (Å²) < 4.78 is 64.8. The third-order valence-corrected chi connectivity index (χ3v) is 15.2. The van der Waals surface area contributed by atoms with Crippen LogP contribution >= 0.6 is 0 Å². The molecule has 16 nitrogen and oxygen atoms in total. The van der Waals surface area contributed by atoms with Gasteiger partial charge in [0.05, 0.1) is 71.9 Å². The summed E-state index contributed by atoms with van der Waals surface area (Å²) in [6.45, 7) is 16.7. The monoisotopic (exact) mass is 956 g/mol. The number of aliphatic hydroxyl groups excluding tert-OH is 2. The van der Waals surface area contributed by atoms with Crippen molar-refractivity contribution in [2.45, 2.75) is 178 Å². The lowest BCUT2D eigenvalue weighted by Gasteiger charge is -2.50. The van der Waals surface area contributed by atoms with Gasteiger partial charge in [-0.15, -0.1) is 0 Å². The first-order chi connectivity index (χ1) is 32.1. The minimum Gasteiger partial charge on any atom is -0.459 e. The van der Waals surface area contributed by atoms with E-state index in [0.29, 0.717) is 24.0 Å². The highest BCUT2D eigenvalue weighted by Gasteiger charge is 2.62. The Morgan fingerprint density at radius 1 is 0.765 bits per heavy atom. The lowest BCUT2D eigenvalue weighted by molar-refractivity contribution is -0.319. The molecule has 2 N–H and O–H groups in total. The number of esters is 3. The largest absolute Gasteiger partial charge is 0.459 e. The van der Waals surface area contributed by atoms with E-state index in [1.54, 1.807) is 76.4 Å². The number of ether oxygens (including phenoxy) is 10. The Kier molecular flexibility index (Phi) is 17.6. The van der Waals surface area contributed by atoms with Gasteiger partial charge in [0, 0.05) is 32.5 Å². The van der Waals surface area contributed by atoms with Crippen molar-refractivity contribution >= 4 is 17.9 Å². The molecule has 2 aromatic rings. The number of carbonyl (C=O) groups excluding carboxylic acids is 3. The summed E-state index contributed by atoms with van der Waals surface area (Å²) in [6, 6.07) is 17.1. The number of carbonyl (C=O) groups is 3. The van der Waals surface area contributed by atoms with E-state index in [0.717, 1.165) is 0 Å². The molecule has 4 fully saturated rings. The number of hydrogen-bond acceptors (Lipinski definition) is 16. The van der Waals surface area contributed by atoms with Crippen molar-refractivity contribution in [3.8, 4) is 0 Å². The topological polar surface area (TPSA) is 191 Å². The molecule has 19 atom stereocenters. The van der Waals surface area contributed by atoms with E-state index in [9.17, 15) is 24.6 Å². The second kappa shape index (κ2) is 22.3. The predicted octanol–water partition coefficient (Wildman–Crippen LogP) is 5.98. The maximum atomic E-state index is 14.8. The van der Waals surface area contributed by atoms with Crippen LogP contribution in [0.4, 0.5) is 0 Å². The summed E-state index contributed by atoms with van der Waals surface area (Å²) in [7, 11) is 6.92. The Morgan fingerprint density at radius 3 is 1.85 bits per heavy atom. The van der Waals surface area contributed by atoms with Crippen LogP contribution in [0.5, 0.6) is 0 Å². The smallest absolute Gasteiger partial charge is 0.338 e. The first kappa shape index (κ1) is 53.8. The van der Waals surface area contributed by atoms with E-state index >= 15 is 0 Å². The SMILES string of the molecule is CC[C@H]1OC(=O)[C@H](C)[C@@H](OC2C[C@@](C)(OC)[C@@H](OC(=O)c3ccccc3)[C@H](C)O2)[C@H](C)[C@@H](OC2O[C@H](C)C[C@H](N(C)C)[C@H]2OC(=O)c2ccccc2)[C@@](C)(OC)C[C@@H](C)[C@H](O)[C@H](C)[C@@H](O)[C@@]12CO2. The van der Waals surface area contributed by atoms with Crippen LogP contribution in [0.3, 0.4) is 0 Å². The van der Waals surface area contributed by atoms with Crippen LogP contribution in [-0.4, -0.2) is 158 Å². The molecule has 0 bridgehead atoms. The molecule has 380 valence electrons. The number of hydrogen-bond donors (Lipinski definition) is 2. The molecule has 2 aromatic carbocycles. The molecule has 0 radical (unpaired) electrons. The number of epoxide rings is 1. The summed E-state index contributed by atoms with van der Waals surface area (Å²) in [5.74, 6) is -4.65. The van der Waals surface area contributed by atoms with Gasteiger partial charge in [-0.3, -0.25) is 4.79 Å². The number of methoxy groups -OCH3 is 2. The molecule has 6 rings (SSSR count). The van der Waals surface area contributed by atoms with Gasteiger partial charge in [0.2, 0.25) is 0 Å². The van der Waals surface area contributed by atoms with Crippen LogP contribution < -0.4 is 0 Å². The average Bonchev–Trinajstić information content (AvgIpc) is 4.14. The van der Waals surface area contributed by atoms with E-state index < -0.39 is 120 Å². The van der Waals surface area contributed by atoms with Gasteiger partial charge in [-0.25, -0.2) is 9.59 Å². The van der Waals surface area contributed by atoms with E-state index in [-0.39, 0.29) is 31.6 Å². The molecule has 2 unspecified atom stereocenters. The molecule has 0 aromatic heterocycles. The molecule has 4 saturated heterocycles. The number of likely N-dealkylation sites (N-methyl/N-ethyl adjacent to an activating group) is 1. The second-order valence-electron chi connectivity index (χ2n) is 20.4. The third-order valence-electron chi connectivity index (χ3n) is 15.2. The summed E-state index contributed by atoms with van der Waals surface area (Å²) in [5, 5.41) is 24.0. The fourth-order valence-corrected chi connectivity index (χ4v) is 10.9. The quantitative estimate of drug-likeness (QED) is 0.143. The lowest BCUT2D eigenvalue weighted by Crippen LogP contribution is -2.62. The van der Waals surface area contributed by atoms with Gasteiger partial charge in [-0.2, -0.15) is 0 Å². The van der Waals surface area contributed by atoms with Crippen LogP contribution in [0.25, 0.3) is 0 Å². The molecule has 0 aliphatic carbocycles. The highest BCUT2D eigenvalue weighted by molar-refractivity contribution is 5.90. The van der Waals surface area contributed by atoms with Crippen molar-refractivity contribution in [3.63, 3.8) is 0 Å². The summed E-state index contributed by atoms with van der Waals surface area (Å²) in [4.78, 5) is 44.0. The first-order valence-electron chi connectivity index (χ1n) is 24.2. The number of rotatable bonds is 12. The van der Waals surface area contributed by atoms with Crippen molar-refractivity contribution in [1.29, 1.82) is 0 Å². The summed E-state index contributed by atoms with van der Waals surface area (Å²) in [5.41, 5.74) is -2.85. The Balaban J connectivity index is 1.43. The van der Waals surface area contributed by atoms with E-state index in [1.165, 1.54) is 7.11 Å². The van der Waals surface area contributed by atoms with Crippen LogP contribution in [-0.2, 0) is 52.2 Å². The Labute approximate surface area is 402 Å². The first-order valence-corrected chi connectivity index (χ1v) is 24.2. The molecular formula is C52H77NO15. The van der Waals surface area contributed by atoms with Gasteiger partial charge in [0.15, 0.2) is 30.4 Å². The maximum absolute atomic E-state index is 14.8. The number of nitrogens with zero attached hydrogens (tertiary/aromatic N) is 1. The Bertz CT molecular complexity index is 1970. The van der Waals surface area contributed by atoms with Crippen molar-refractivity contribution in [3.05, 3.63) is 71.8 Å². The molecule has 0 amide bonds. The van der Waals surface area contributed by atoms with E-state index in [4.69, 9.17) is 47.4 Å². The van der Waals surface area contributed by atoms with Crippen molar-refractivity contribution in [2.75, 3.05) is 34.9 Å². The standard InChI is InChI=1S/C52H77NO15/c1-14-38-52(28-61-52)43(55)31(4)40(54)29(2)26-50(8,59-12)44(68-49-42(37(53(10)11)25-30(3)62-49)66-47(57)35-21-17-15-18-22-35)32(5)41(33(6)46(56)64-38)65-39-27-51(9,60-13)45(34(7)63-39)67-48(58)36-23-19-16-20-24-36/h15-24,29-34,37-45,49,54-55H,14,25-28H2,1-13H3/t29-,30-,31+,32+,33-,34+,37+,38-,39?,40+,41+,42-,43-,44-,45+,49?,50+,51-,52-/m1/s1. The molecule has 4 aliphatic heterocycles. The molecule has 16 heteroatoms. The highest BCUT2D eigenvalue weighted by atomic mass is 16.7. The molecule has 68 heavy (non-hydrogen) atoms. The zero-order valence-corrected chi connectivity index (χ0v) is 42.2. The summed E-state index contributed by atoms with van der Waals surface area (Å²) in [6.07, 6.45) is -9.00. The predicted molar refractivity (Wildman–Crippen MR) is 249 cm³/mol.